The molecule has 0 aliphatic rings. The van der Waals surface area contributed by atoms with Crippen LogP contribution < -0.4 is 5.73 Å². The van der Waals surface area contributed by atoms with Gasteiger partial charge in [0.1, 0.15) is 10.7 Å². The highest BCUT2D eigenvalue weighted by molar-refractivity contribution is 7.92. The molecule has 2 rings (SSSR count). The highest BCUT2D eigenvalue weighted by Gasteiger charge is 2.23. The molecule has 2 N–H and O–H groups in total. The number of nitrogens with zero attached hydrogens (tertiary/aromatic N) is 2. The van der Waals surface area contributed by atoms with E-state index < -0.39 is 15.1 Å². The SMILES string of the molecule is CC(C)S(=O)(=O)c1cnc(-c2ccc(Cl)cc2)nc1N. The molecule has 20 heavy (non-hydrogen) atoms. The van der Waals surface area contributed by atoms with E-state index in [0.717, 1.165) is 5.56 Å². The number of benzene rings is 1. The van der Waals surface area contributed by atoms with E-state index in [1.165, 1.54) is 6.20 Å². The fourth-order valence-electron chi connectivity index (χ4n) is 1.60. The lowest BCUT2D eigenvalue weighted by atomic mass is 10.2. The van der Waals surface area contributed by atoms with E-state index in [4.69, 9.17) is 17.3 Å². The number of nitrogens with two attached hydrogens (primary N) is 1. The maximum atomic E-state index is 12.1. The minimum atomic E-state index is -3.48. The van der Waals surface area contributed by atoms with Gasteiger partial charge in [-0.1, -0.05) is 11.6 Å². The predicted octanol–water partition coefficient (Wildman–Crippen LogP) is 2.56. The van der Waals surface area contributed by atoms with E-state index >= 15 is 0 Å². The number of rotatable bonds is 3. The lowest BCUT2D eigenvalue weighted by molar-refractivity contribution is 0.587. The summed E-state index contributed by atoms with van der Waals surface area (Å²) in [5.74, 6) is 0.320. The van der Waals surface area contributed by atoms with Crippen molar-refractivity contribution in [1.29, 1.82) is 0 Å². The Morgan fingerprint density at radius 3 is 2.30 bits per heavy atom. The van der Waals surface area contributed by atoms with Crippen molar-refractivity contribution in [3.05, 3.63) is 35.5 Å². The summed E-state index contributed by atoms with van der Waals surface area (Å²) in [5, 5.41) is 0.0236. The highest BCUT2D eigenvalue weighted by Crippen LogP contribution is 2.24. The number of sulfone groups is 1. The van der Waals surface area contributed by atoms with Crippen molar-refractivity contribution in [2.45, 2.75) is 24.0 Å². The lowest BCUT2D eigenvalue weighted by Gasteiger charge is -2.10. The smallest absolute Gasteiger partial charge is 0.185 e. The van der Waals surface area contributed by atoms with Crippen molar-refractivity contribution in [2.24, 2.45) is 0 Å². The van der Waals surface area contributed by atoms with Crippen LogP contribution in [-0.2, 0) is 9.84 Å². The molecule has 0 saturated heterocycles. The monoisotopic (exact) mass is 311 g/mol. The van der Waals surface area contributed by atoms with Gasteiger partial charge in [0, 0.05) is 10.6 Å². The van der Waals surface area contributed by atoms with Crippen LogP contribution in [0.25, 0.3) is 11.4 Å². The third-order valence-corrected chi connectivity index (χ3v) is 5.23. The molecule has 0 unspecified atom stereocenters. The Labute approximate surface area is 122 Å². The molecule has 1 heterocycles. The summed E-state index contributed by atoms with van der Waals surface area (Å²) in [4.78, 5) is 8.10. The second-order valence-corrected chi connectivity index (χ2v) is 7.45. The first-order valence-electron chi connectivity index (χ1n) is 5.94. The van der Waals surface area contributed by atoms with Gasteiger partial charge in [0.2, 0.25) is 0 Å². The zero-order valence-corrected chi connectivity index (χ0v) is 12.6. The molecule has 1 aromatic carbocycles. The molecule has 0 fully saturated rings. The molecule has 0 radical (unpaired) electrons. The minimum Gasteiger partial charge on any atom is -0.382 e. The van der Waals surface area contributed by atoms with Crippen LogP contribution in [-0.4, -0.2) is 23.6 Å². The fourth-order valence-corrected chi connectivity index (χ4v) is 2.77. The van der Waals surface area contributed by atoms with E-state index in [1.54, 1.807) is 38.1 Å². The molecule has 0 amide bonds. The summed E-state index contributed by atoms with van der Waals surface area (Å²) < 4.78 is 24.1. The normalized spacial score (nSPS) is 11.8. The van der Waals surface area contributed by atoms with E-state index in [1.807, 2.05) is 0 Å². The molecule has 106 valence electrons. The van der Waals surface area contributed by atoms with Gasteiger partial charge in [-0.3, -0.25) is 0 Å². The molecular formula is C13H14ClN3O2S. The average molecular weight is 312 g/mol. The van der Waals surface area contributed by atoms with Gasteiger partial charge >= 0.3 is 0 Å². The summed E-state index contributed by atoms with van der Waals surface area (Å²) in [6, 6.07) is 6.89. The zero-order valence-electron chi connectivity index (χ0n) is 11.0. The highest BCUT2D eigenvalue weighted by atomic mass is 35.5. The minimum absolute atomic E-state index is 0.0368. The van der Waals surface area contributed by atoms with Crippen LogP contribution in [0.5, 0.6) is 0 Å². The van der Waals surface area contributed by atoms with Gasteiger partial charge in [0.25, 0.3) is 0 Å². The van der Waals surface area contributed by atoms with Crippen molar-refractivity contribution in [3.8, 4) is 11.4 Å². The summed E-state index contributed by atoms with van der Waals surface area (Å²) in [5.41, 5.74) is 6.47. The van der Waals surface area contributed by atoms with Crippen molar-refractivity contribution in [3.63, 3.8) is 0 Å². The van der Waals surface area contributed by atoms with Crippen LogP contribution in [0.15, 0.2) is 35.4 Å². The molecule has 5 nitrogen and oxygen atoms in total. The number of nitrogen functional groups attached to an aromatic ring is 1. The van der Waals surface area contributed by atoms with Gasteiger partial charge in [-0.15, -0.1) is 0 Å². The molecule has 1 aromatic heterocycles. The molecular weight excluding hydrogens is 298 g/mol. The van der Waals surface area contributed by atoms with E-state index in [2.05, 4.69) is 9.97 Å². The van der Waals surface area contributed by atoms with Crippen LogP contribution in [0, 0.1) is 0 Å². The Morgan fingerprint density at radius 1 is 1.20 bits per heavy atom. The second kappa shape index (κ2) is 5.38. The Balaban J connectivity index is 2.48. The number of anilines is 1. The van der Waals surface area contributed by atoms with Gasteiger partial charge in [-0.2, -0.15) is 0 Å². The van der Waals surface area contributed by atoms with Crippen LogP contribution in [0.4, 0.5) is 5.82 Å². The van der Waals surface area contributed by atoms with Gasteiger partial charge < -0.3 is 5.73 Å². The molecule has 0 aliphatic heterocycles. The van der Waals surface area contributed by atoms with Crippen molar-refractivity contribution in [2.75, 3.05) is 5.73 Å². The molecule has 0 bridgehead atoms. The lowest BCUT2D eigenvalue weighted by Crippen LogP contribution is -2.17. The number of halogens is 1. The van der Waals surface area contributed by atoms with Gasteiger partial charge in [0.05, 0.1) is 11.4 Å². The Bertz CT molecular complexity index is 728. The molecule has 0 spiro atoms. The first kappa shape index (κ1) is 14.7. The molecule has 0 atom stereocenters. The topological polar surface area (TPSA) is 85.9 Å². The number of aromatic nitrogens is 2. The summed E-state index contributed by atoms with van der Waals surface area (Å²) in [6.45, 7) is 3.17. The number of hydrogen-bond acceptors (Lipinski definition) is 5. The first-order chi connectivity index (χ1) is 9.32. The Kier molecular flexibility index (Phi) is 3.96. The van der Waals surface area contributed by atoms with Crippen LogP contribution >= 0.6 is 11.6 Å². The summed E-state index contributed by atoms with van der Waals surface area (Å²) in [6.07, 6.45) is 1.25. The average Bonchev–Trinajstić information content (AvgIpc) is 2.39. The molecule has 2 aromatic rings. The van der Waals surface area contributed by atoms with Crippen molar-refractivity contribution < 1.29 is 8.42 Å². The van der Waals surface area contributed by atoms with E-state index in [-0.39, 0.29) is 10.7 Å². The first-order valence-corrected chi connectivity index (χ1v) is 7.87. The van der Waals surface area contributed by atoms with Crippen LogP contribution in [0.3, 0.4) is 0 Å². The summed E-state index contributed by atoms with van der Waals surface area (Å²) in [7, 11) is -3.48. The van der Waals surface area contributed by atoms with E-state index in [9.17, 15) is 8.42 Å². The van der Waals surface area contributed by atoms with Crippen LogP contribution in [0.2, 0.25) is 5.02 Å². The maximum Gasteiger partial charge on any atom is 0.185 e. The quantitative estimate of drug-likeness (QED) is 0.941. The number of hydrogen-bond donors (Lipinski definition) is 1. The van der Waals surface area contributed by atoms with Gasteiger partial charge in [-0.25, -0.2) is 18.4 Å². The maximum absolute atomic E-state index is 12.1. The molecule has 7 heteroatoms. The standard InChI is InChI=1S/C13H14ClN3O2S/c1-8(2)20(18,19)11-7-16-13(17-12(11)15)9-3-5-10(14)6-4-9/h3-8H,1-2H3,(H2,15,16,17). The van der Waals surface area contributed by atoms with Crippen LogP contribution in [0.1, 0.15) is 13.8 Å². The Morgan fingerprint density at radius 2 is 1.80 bits per heavy atom. The Hall–Kier alpha value is -1.66. The van der Waals surface area contributed by atoms with Crippen molar-refractivity contribution in [1.82, 2.24) is 9.97 Å². The zero-order chi connectivity index (χ0) is 14.9. The summed E-state index contributed by atoms with van der Waals surface area (Å²) >= 11 is 5.81. The molecule has 0 saturated carbocycles. The van der Waals surface area contributed by atoms with Gasteiger partial charge in [0.15, 0.2) is 15.7 Å². The van der Waals surface area contributed by atoms with Gasteiger partial charge in [-0.05, 0) is 38.1 Å². The second-order valence-electron chi connectivity index (χ2n) is 4.54. The fraction of sp³-hybridized carbons (Fsp3) is 0.231. The third-order valence-electron chi connectivity index (χ3n) is 2.81. The molecule has 0 aliphatic carbocycles. The third kappa shape index (κ3) is 2.76. The van der Waals surface area contributed by atoms with E-state index in [0.29, 0.717) is 10.8 Å². The predicted molar refractivity (Wildman–Crippen MR) is 79.2 cm³/mol. The largest absolute Gasteiger partial charge is 0.382 e. The van der Waals surface area contributed by atoms with Crippen molar-refractivity contribution >= 4 is 27.3 Å².